The van der Waals surface area contributed by atoms with E-state index in [0.29, 0.717) is 0 Å². The first-order valence-corrected chi connectivity index (χ1v) is 16.9. The van der Waals surface area contributed by atoms with Crippen LogP contribution in [0.15, 0.2) is 154 Å². The maximum absolute atomic E-state index is 6.85. The van der Waals surface area contributed by atoms with Gasteiger partial charge in [-0.1, -0.05) is 127 Å². The molecule has 11 rings (SSSR count). The lowest BCUT2D eigenvalue weighted by Gasteiger charge is -2.17. The van der Waals surface area contributed by atoms with Crippen LogP contribution in [-0.4, -0.2) is 0 Å². The fourth-order valence-electron chi connectivity index (χ4n) is 8.34. The van der Waals surface area contributed by atoms with E-state index < -0.39 is 0 Å². The van der Waals surface area contributed by atoms with Crippen molar-refractivity contribution >= 4 is 88.3 Å². The predicted molar refractivity (Wildman–Crippen MR) is 207 cm³/mol. The van der Waals surface area contributed by atoms with Gasteiger partial charge in [0, 0.05) is 26.9 Å². The smallest absolute Gasteiger partial charge is 0.143 e. The van der Waals surface area contributed by atoms with Crippen molar-refractivity contribution in [1.29, 1.82) is 0 Å². The Balaban J connectivity index is 1.20. The van der Waals surface area contributed by atoms with Crippen LogP contribution in [0.2, 0.25) is 0 Å². The lowest BCUT2D eigenvalue weighted by atomic mass is 9.85. The second-order valence-electron chi connectivity index (χ2n) is 13.1. The molecule has 0 bridgehead atoms. The second kappa shape index (κ2) is 10.1. The molecule has 2 heteroatoms. The van der Waals surface area contributed by atoms with E-state index in [9.17, 15) is 0 Å². The van der Waals surface area contributed by atoms with Crippen LogP contribution in [0, 0.1) is 0 Å². The van der Waals surface area contributed by atoms with Crippen LogP contribution in [0.5, 0.6) is 0 Å². The van der Waals surface area contributed by atoms with E-state index in [2.05, 4.69) is 146 Å². The van der Waals surface area contributed by atoms with Crippen LogP contribution in [0.1, 0.15) is 17.5 Å². The number of para-hydroxylation sites is 1. The van der Waals surface area contributed by atoms with Crippen LogP contribution in [0.25, 0.3) is 111 Å². The molecule has 2 heterocycles. The highest BCUT2D eigenvalue weighted by atomic mass is 16.3. The molecule has 2 aromatic heterocycles. The molecule has 49 heavy (non-hydrogen) atoms. The Kier molecular flexibility index (Phi) is 5.47. The fourth-order valence-corrected chi connectivity index (χ4v) is 8.34. The molecule has 0 radical (unpaired) electrons. The Labute approximate surface area is 281 Å². The number of hydrogen-bond donors (Lipinski definition) is 0. The first kappa shape index (κ1) is 26.7. The highest BCUT2D eigenvalue weighted by Crippen LogP contribution is 2.47. The molecule has 1 aliphatic carbocycles. The lowest BCUT2D eigenvalue weighted by molar-refractivity contribution is 0.669. The Morgan fingerprint density at radius 1 is 0.367 bits per heavy atom. The van der Waals surface area contributed by atoms with Crippen molar-refractivity contribution in [3.05, 3.63) is 157 Å². The number of fused-ring (bicyclic) bond motifs is 13. The molecule has 0 amide bonds. The maximum Gasteiger partial charge on any atom is 0.143 e. The van der Waals surface area contributed by atoms with Gasteiger partial charge in [-0.05, 0) is 97.1 Å². The van der Waals surface area contributed by atoms with Gasteiger partial charge < -0.3 is 8.83 Å². The number of rotatable bonds is 2. The van der Waals surface area contributed by atoms with Gasteiger partial charge in [0.1, 0.15) is 22.3 Å². The molecule has 2 nitrogen and oxygen atoms in total. The molecule has 8 aromatic carbocycles. The molecule has 228 valence electrons. The third-order valence-corrected chi connectivity index (χ3v) is 10.4. The number of benzene rings is 8. The highest BCUT2D eigenvalue weighted by molar-refractivity contribution is 6.24. The summed E-state index contributed by atoms with van der Waals surface area (Å²) in [7, 11) is 0. The van der Waals surface area contributed by atoms with Crippen molar-refractivity contribution in [1.82, 2.24) is 0 Å². The number of hydrogen-bond acceptors (Lipinski definition) is 2. The quantitative estimate of drug-likeness (QED) is 0.179. The average Bonchev–Trinajstić information content (AvgIpc) is 3.62. The van der Waals surface area contributed by atoms with Gasteiger partial charge in [0.05, 0.1) is 0 Å². The van der Waals surface area contributed by atoms with Crippen molar-refractivity contribution in [3.63, 3.8) is 0 Å². The molecule has 0 spiro atoms. The van der Waals surface area contributed by atoms with E-state index in [1.165, 1.54) is 60.1 Å². The zero-order chi connectivity index (χ0) is 32.1. The van der Waals surface area contributed by atoms with Crippen LogP contribution < -0.4 is 0 Å². The summed E-state index contributed by atoms with van der Waals surface area (Å²) in [6, 6.07) is 48.0. The van der Waals surface area contributed by atoms with Gasteiger partial charge in [-0.2, -0.15) is 0 Å². The van der Waals surface area contributed by atoms with E-state index in [1.54, 1.807) is 0 Å². The van der Waals surface area contributed by atoms with Gasteiger partial charge in [-0.3, -0.25) is 0 Å². The van der Waals surface area contributed by atoms with Gasteiger partial charge in [-0.25, -0.2) is 0 Å². The molecule has 0 saturated carbocycles. The van der Waals surface area contributed by atoms with Crippen LogP contribution in [0.3, 0.4) is 0 Å². The first-order chi connectivity index (χ1) is 24.3. The molecular formula is C47H28O2. The summed E-state index contributed by atoms with van der Waals surface area (Å²) < 4.78 is 13.1. The standard InChI is InChI=1S/C47H28O2/c1-2-12-30-31-13-4-9-20-38(31)47-46(33(30)15-3-1)39-24-22-29(27-43(39)49-47)45-36-18-7-5-16-34(36)44(35-17-6-8-19-37(35)45)28-23-25-42-40(26-28)32-14-10-11-21-41(32)48-42/h2-27H,1H2. The van der Waals surface area contributed by atoms with Gasteiger partial charge in [0.15, 0.2) is 0 Å². The average molecular weight is 625 g/mol. The van der Waals surface area contributed by atoms with Crippen molar-refractivity contribution < 1.29 is 8.83 Å². The van der Waals surface area contributed by atoms with E-state index >= 15 is 0 Å². The highest BCUT2D eigenvalue weighted by Gasteiger charge is 2.21. The summed E-state index contributed by atoms with van der Waals surface area (Å²) in [5.74, 6) is 0. The maximum atomic E-state index is 6.85. The molecule has 10 aromatic rings. The minimum absolute atomic E-state index is 0.905. The van der Waals surface area contributed by atoms with Crippen molar-refractivity contribution in [3.8, 4) is 22.3 Å². The van der Waals surface area contributed by atoms with Gasteiger partial charge >= 0.3 is 0 Å². The van der Waals surface area contributed by atoms with Crippen LogP contribution >= 0.6 is 0 Å². The molecule has 0 unspecified atom stereocenters. The second-order valence-corrected chi connectivity index (χ2v) is 13.1. The summed E-state index contributed by atoms with van der Waals surface area (Å²) in [5.41, 5.74) is 11.0. The number of allylic oxidation sites excluding steroid dienone is 2. The van der Waals surface area contributed by atoms with Gasteiger partial charge in [0.2, 0.25) is 0 Å². The molecule has 0 aliphatic heterocycles. The molecule has 0 N–H and O–H groups in total. The van der Waals surface area contributed by atoms with Crippen LogP contribution in [0.4, 0.5) is 0 Å². The molecular weight excluding hydrogens is 597 g/mol. The van der Waals surface area contributed by atoms with Gasteiger partial charge in [-0.15, -0.1) is 0 Å². The Hall–Kier alpha value is -6.38. The molecule has 0 atom stereocenters. The van der Waals surface area contributed by atoms with Crippen molar-refractivity contribution in [2.75, 3.05) is 0 Å². The fraction of sp³-hybridized carbons (Fsp3) is 0.0213. The summed E-state index contributed by atoms with van der Waals surface area (Å²) in [4.78, 5) is 0. The lowest BCUT2D eigenvalue weighted by Crippen LogP contribution is -1.90. The zero-order valence-corrected chi connectivity index (χ0v) is 26.5. The molecule has 1 aliphatic rings. The monoisotopic (exact) mass is 624 g/mol. The first-order valence-electron chi connectivity index (χ1n) is 16.9. The molecule has 0 saturated heterocycles. The van der Waals surface area contributed by atoms with E-state index in [0.717, 1.165) is 55.9 Å². The Morgan fingerprint density at radius 3 is 1.63 bits per heavy atom. The topological polar surface area (TPSA) is 26.3 Å². The SMILES string of the molecule is C1=Cc2c(c3c4ccc(-c5c6ccccc6c(-c6ccc7oc8ccccc8c7c6)c6ccccc56)cc4oc3c3ccccc23)C=CC1. The Bertz CT molecular complexity index is 3020. The number of furan rings is 2. The third-order valence-electron chi connectivity index (χ3n) is 10.4. The summed E-state index contributed by atoms with van der Waals surface area (Å²) in [6.07, 6.45) is 9.97. The normalized spacial score (nSPS) is 13.1. The predicted octanol–water partition coefficient (Wildman–Crippen LogP) is 13.7. The van der Waals surface area contributed by atoms with Gasteiger partial charge in [0.25, 0.3) is 0 Å². The Morgan fingerprint density at radius 2 is 0.918 bits per heavy atom. The van der Waals surface area contributed by atoms with E-state index in [-0.39, 0.29) is 0 Å². The molecule has 0 fully saturated rings. The summed E-state index contributed by atoms with van der Waals surface area (Å²) in [6.45, 7) is 0. The summed E-state index contributed by atoms with van der Waals surface area (Å²) >= 11 is 0. The minimum atomic E-state index is 0.905. The zero-order valence-electron chi connectivity index (χ0n) is 26.5. The largest absolute Gasteiger partial charge is 0.456 e. The van der Waals surface area contributed by atoms with E-state index in [4.69, 9.17) is 8.83 Å². The minimum Gasteiger partial charge on any atom is -0.456 e. The van der Waals surface area contributed by atoms with Crippen LogP contribution in [-0.2, 0) is 0 Å². The summed E-state index contributed by atoms with van der Waals surface area (Å²) in [5, 5.41) is 11.9. The van der Waals surface area contributed by atoms with Crippen molar-refractivity contribution in [2.45, 2.75) is 6.42 Å². The van der Waals surface area contributed by atoms with E-state index in [1.807, 2.05) is 12.1 Å². The third kappa shape index (κ3) is 3.77. The van der Waals surface area contributed by atoms with Crippen molar-refractivity contribution in [2.24, 2.45) is 0 Å².